The van der Waals surface area contributed by atoms with E-state index in [9.17, 15) is 4.79 Å². The normalized spacial score (nSPS) is 10.7. The molecule has 8 nitrogen and oxygen atoms in total. The van der Waals surface area contributed by atoms with Crippen molar-refractivity contribution in [3.63, 3.8) is 0 Å². The molecule has 4 aromatic rings. The molecule has 0 unspecified atom stereocenters. The number of ether oxygens (including phenoxy) is 3. The van der Waals surface area contributed by atoms with Crippen molar-refractivity contribution >= 4 is 28.2 Å². The van der Waals surface area contributed by atoms with Gasteiger partial charge in [-0.25, -0.2) is 4.52 Å². The first-order chi connectivity index (χ1) is 14.1. The predicted molar refractivity (Wildman–Crippen MR) is 110 cm³/mol. The Labute approximate surface area is 170 Å². The molecule has 29 heavy (non-hydrogen) atoms. The smallest absolute Gasteiger partial charge is 0.258 e. The standard InChI is InChI=1S/C20H18N4O4S/c1-26-14-6-4-5-12(9-14)15-11-29-20-22-19(23-24(15)20)21-18(25)13-7-8-16(27-2)17(10-13)28-3/h4-11H,1-3H3,(H,21,23,25). The first-order valence-corrected chi connectivity index (χ1v) is 9.53. The number of fused-ring (bicyclic) bond motifs is 1. The van der Waals surface area contributed by atoms with Crippen LogP contribution < -0.4 is 19.5 Å². The van der Waals surface area contributed by atoms with Crippen molar-refractivity contribution in [1.29, 1.82) is 0 Å². The Morgan fingerprint density at radius 1 is 1.03 bits per heavy atom. The molecule has 0 bridgehead atoms. The van der Waals surface area contributed by atoms with Gasteiger partial charge >= 0.3 is 0 Å². The van der Waals surface area contributed by atoms with Gasteiger partial charge in [0.2, 0.25) is 4.96 Å². The molecule has 2 aromatic carbocycles. The van der Waals surface area contributed by atoms with Crippen LogP contribution in [0.2, 0.25) is 0 Å². The number of rotatable bonds is 6. The maximum Gasteiger partial charge on any atom is 0.258 e. The number of benzene rings is 2. The van der Waals surface area contributed by atoms with Gasteiger partial charge in [0.1, 0.15) is 5.75 Å². The predicted octanol–water partition coefficient (Wildman–Crippen LogP) is 3.74. The summed E-state index contributed by atoms with van der Waals surface area (Å²) < 4.78 is 17.4. The number of aromatic nitrogens is 3. The fourth-order valence-electron chi connectivity index (χ4n) is 2.87. The second kappa shape index (κ2) is 7.80. The molecule has 0 aliphatic rings. The maximum absolute atomic E-state index is 12.6. The molecule has 0 fully saturated rings. The summed E-state index contributed by atoms with van der Waals surface area (Å²) in [5, 5.41) is 9.12. The third kappa shape index (κ3) is 3.59. The van der Waals surface area contributed by atoms with Gasteiger partial charge in [-0.05, 0) is 30.3 Å². The lowest BCUT2D eigenvalue weighted by Gasteiger charge is -2.08. The Morgan fingerprint density at radius 3 is 2.62 bits per heavy atom. The van der Waals surface area contributed by atoms with Gasteiger partial charge in [0.05, 0.1) is 27.0 Å². The highest BCUT2D eigenvalue weighted by molar-refractivity contribution is 7.15. The molecule has 1 N–H and O–H groups in total. The monoisotopic (exact) mass is 410 g/mol. The number of hydrogen-bond donors (Lipinski definition) is 1. The van der Waals surface area contributed by atoms with Crippen molar-refractivity contribution in [2.24, 2.45) is 0 Å². The van der Waals surface area contributed by atoms with Crippen LogP contribution in [0, 0.1) is 0 Å². The van der Waals surface area contributed by atoms with Gasteiger partial charge < -0.3 is 14.2 Å². The van der Waals surface area contributed by atoms with Crippen LogP contribution in [0.1, 0.15) is 10.4 Å². The number of carbonyl (C=O) groups is 1. The average molecular weight is 410 g/mol. The second-order valence-electron chi connectivity index (χ2n) is 6.01. The molecule has 1 amide bonds. The summed E-state index contributed by atoms with van der Waals surface area (Å²) in [6.45, 7) is 0. The summed E-state index contributed by atoms with van der Waals surface area (Å²) in [5.41, 5.74) is 2.22. The lowest BCUT2D eigenvalue weighted by molar-refractivity contribution is 0.102. The number of thiazole rings is 1. The zero-order chi connectivity index (χ0) is 20.4. The van der Waals surface area contributed by atoms with Crippen molar-refractivity contribution in [1.82, 2.24) is 14.6 Å². The molecule has 0 spiro atoms. The molecule has 0 radical (unpaired) electrons. The molecule has 2 aromatic heterocycles. The molecular weight excluding hydrogens is 392 g/mol. The molecule has 0 saturated carbocycles. The molecule has 0 aliphatic heterocycles. The van der Waals surface area contributed by atoms with Crippen molar-refractivity contribution in [2.75, 3.05) is 26.6 Å². The molecule has 9 heteroatoms. The Morgan fingerprint density at radius 2 is 1.86 bits per heavy atom. The van der Waals surface area contributed by atoms with E-state index >= 15 is 0 Å². The van der Waals surface area contributed by atoms with Crippen molar-refractivity contribution < 1.29 is 19.0 Å². The van der Waals surface area contributed by atoms with E-state index in [4.69, 9.17) is 14.2 Å². The van der Waals surface area contributed by atoms with E-state index in [1.165, 1.54) is 18.4 Å². The molecule has 0 atom stereocenters. The summed E-state index contributed by atoms with van der Waals surface area (Å²) in [5.74, 6) is 1.66. The zero-order valence-corrected chi connectivity index (χ0v) is 16.8. The molecule has 4 rings (SSSR count). The van der Waals surface area contributed by atoms with Gasteiger partial charge in [-0.15, -0.1) is 16.4 Å². The summed E-state index contributed by atoms with van der Waals surface area (Å²) >= 11 is 1.44. The first kappa shape index (κ1) is 18.8. The van der Waals surface area contributed by atoms with E-state index in [2.05, 4.69) is 15.4 Å². The lowest BCUT2D eigenvalue weighted by atomic mass is 10.2. The van der Waals surface area contributed by atoms with E-state index in [1.54, 1.807) is 36.9 Å². The summed E-state index contributed by atoms with van der Waals surface area (Å²) in [6.07, 6.45) is 0. The minimum Gasteiger partial charge on any atom is -0.497 e. The Bertz CT molecular complexity index is 1180. The number of hydrogen-bond acceptors (Lipinski definition) is 7. The van der Waals surface area contributed by atoms with Crippen LogP contribution in [0.5, 0.6) is 17.2 Å². The first-order valence-electron chi connectivity index (χ1n) is 8.65. The van der Waals surface area contributed by atoms with Crippen LogP contribution in [0.4, 0.5) is 5.95 Å². The van der Waals surface area contributed by atoms with Gasteiger partial charge in [-0.2, -0.15) is 4.98 Å². The molecule has 0 saturated heterocycles. The highest BCUT2D eigenvalue weighted by atomic mass is 32.1. The lowest BCUT2D eigenvalue weighted by Crippen LogP contribution is -2.13. The van der Waals surface area contributed by atoms with Crippen LogP contribution in [-0.2, 0) is 0 Å². The quantitative estimate of drug-likeness (QED) is 0.521. The SMILES string of the molecule is COc1cccc(-c2csc3nc(NC(=O)c4ccc(OC)c(OC)c4)nn23)c1. The Hall–Kier alpha value is -3.59. The minimum atomic E-state index is -0.341. The van der Waals surface area contributed by atoms with Gasteiger partial charge in [-0.1, -0.05) is 12.1 Å². The van der Waals surface area contributed by atoms with Gasteiger partial charge in [-0.3, -0.25) is 10.1 Å². The molecule has 2 heterocycles. The van der Waals surface area contributed by atoms with Crippen LogP contribution in [-0.4, -0.2) is 41.8 Å². The minimum absolute atomic E-state index is 0.223. The van der Waals surface area contributed by atoms with Gasteiger partial charge in [0.25, 0.3) is 11.9 Å². The second-order valence-corrected chi connectivity index (χ2v) is 6.84. The van der Waals surface area contributed by atoms with Crippen LogP contribution in [0.15, 0.2) is 47.8 Å². The van der Waals surface area contributed by atoms with E-state index in [0.717, 1.165) is 17.0 Å². The van der Waals surface area contributed by atoms with Crippen molar-refractivity contribution in [2.45, 2.75) is 0 Å². The van der Waals surface area contributed by atoms with E-state index in [-0.39, 0.29) is 11.9 Å². The third-order valence-corrected chi connectivity index (χ3v) is 5.13. The number of carbonyl (C=O) groups excluding carboxylic acids is 1. The van der Waals surface area contributed by atoms with Crippen LogP contribution in [0.3, 0.4) is 0 Å². The van der Waals surface area contributed by atoms with Crippen molar-refractivity contribution in [3.8, 4) is 28.5 Å². The van der Waals surface area contributed by atoms with Crippen LogP contribution in [0.25, 0.3) is 16.2 Å². The Kier molecular flexibility index (Phi) is 5.05. The summed E-state index contributed by atoms with van der Waals surface area (Å²) in [4.78, 5) is 17.7. The van der Waals surface area contributed by atoms with E-state index in [0.29, 0.717) is 22.0 Å². The zero-order valence-electron chi connectivity index (χ0n) is 16.0. The fourth-order valence-corrected chi connectivity index (χ4v) is 3.70. The number of nitrogens with zero attached hydrogens (tertiary/aromatic N) is 3. The average Bonchev–Trinajstić information content (AvgIpc) is 3.33. The highest BCUT2D eigenvalue weighted by Crippen LogP contribution is 2.29. The van der Waals surface area contributed by atoms with Gasteiger partial charge in [0, 0.05) is 16.5 Å². The number of nitrogens with one attached hydrogen (secondary N) is 1. The topological polar surface area (TPSA) is 87.0 Å². The molecular formula is C20H18N4O4S. The largest absolute Gasteiger partial charge is 0.497 e. The van der Waals surface area contributed by atoms with E-state index < -0.39 is 0 Å². The van der Waals surface area contributed by atoms with Crippen molar-refractivity contribution in [3.05, 3.63) is 53.4 Å². The third-order valence-electron chi connectivity index (χ3n) is 4.32. The number of amides is 1. The Balaban J connectivity index is 1.61. The number of methoxy groups -OCH3 is 3. The van der Waals surface area contributed by atoms with Crippen LogP contribution >= 0.6 is 11.3 Å². The molecule has 0 aliphatic carbocycles. The van der Waals surface area contributed by atoms with Gasteiger partial charge in [0.15, 0.2) is 11.5 Å². The summed E-state index contributed by atoms with van der Waals surface area (Å²) in [7, 11) is 4.68. The maximum atomic E-state index is 12.6. The number of anilines is 1. The fraction of sp³-hybridized carbons (Fsp3) is 0.150. The summed E-state index contributed by atoms with van der Waals surface area (Å²) in [6, 6.07) is 12.6. The molecule has 148 valence electrons. The van der Waals surface area contributed by atoms with E-state index in [1.807, 2.05) is 29.6 Å². The highest BCUT2D eigenvalue weighted by Gasteiger charge is 2.16.